The highest BCUT2D eigenvalue weighted by Gasteiger charge is 2.02. The van der Waals surface area contributed by atoms with Crippen molar-refractivity contribution in [2.24, 2.45) is 5.10 Å². The van der Waals surface area contributed by atoms with Gasteiger partial charge in [-0.1, -0.05) is 6.07 Å². The number of carbonyl (C=O) groups excluding carboxylic acids is 1. The molecule has 0 aliphatic heterocycles. The molecule has 0 unspecified atom stereocenters. The van der Waals surface area contributed by atoms with Gasteiger partial charge in [0.2, 0.25) is 5.91 Å². The standard InChI is InChI=1S/C11H9BrN2O2S/c12-10-4-3-8(16-10)7-13-14-11(15)6-9-2-1-5-17-9/h1-5,7H,6H2,(H,14,15)/b13-7-. The van der Waals surface area contributed by atoms with Crippen LogP contribution in [0.15, 0.2) is 43.8 Å². The minimum atomic E-state index is -0.144. The van der Waals surface area contributed by atoms with E-state index in [0.29, 0.717) is 16.9 Å². The quantitative estimate of drug-likeness (QED) is 0.697. The van der Waals surface area contributed by atoms with Crippen LogP contribution in [0.4, 0.5) is 0 Å². The maximum absolute atomic E-state index is 11.4. The van der Waals surface area contributed by atoms with Crippen molar-refractivity contribution in [3.05, 3.63) is 45.0 Å². The number of thiophene rings is 1. The summed E-state index contributed by atoms with van der Waals surface area (Å²) in [7, 11) is 0. The number of furan rings is 1. The van der Waals surface area contributed by atoms with Gasteiger partial charge in [-0.2, -0.15) is 5.10 Å². The highest BCUT2D eigenvalue weighted by molar-refractivity contribution is 9.10. The van der Waals surface area contributed by atoms with E-state index in [1.165, 1.54) is 6.21 Å². The van der Waals surface area contributed by atoms with Gasteiger partial charge in [-0.15, -0.1) is 11.3 Å². The largest absolute Gasteiger partial charge is 0.448 e. The van der Waals surface area contributed by atoms with Crippen LogP contribution in [0, 0.1) is 0 Å². The van der Waals surface area contributed by atoms with Crippen LogP contribution in [0.25, 0.3) is 0 Å². The molecule has 0 atom stereocenters. The number of hydrazone groups is 1. The number of carbonyl (C=O) groups is 1. The van der Waals surface area contributed by atoms with Gasteiger partial charge in [-0.05, 0) is 39.5 Å². The van der Waals surface area contributed by atoms with Crippen LogP contribution in [0.1, 0.15) is 10.6 Å². The molecule has 4 nitrogen and oxygen atoms in total. The van der Waals surface area contributed by atoms with E-state index in [0.717, 1.165) is 4.88 Å². The van der Waals surface area contributed by atoms with Gasteiger partial charge in [0.15, 0.2) is 4.67 Å². The summed E-state index contributed by atoms with van der Waals surface area (Å²) >= 11 is 4.73. The number of amides is 1. The van der Waals surface area contributed by atoms with Gasteiger partial charge in [-0.3, -0.25) is 4.79 Å². The molecule has 2 heterocycles. The van der Waals surface area contributed by atoms with E-state index < -0.39 is 0 Å². The average Bonchev–Trinajstić information content (AvgIpc) is 2.90. The van der Waals surface area contributed by atoms with Crippen LogP contribution < -0.4 is 5.43 Å². The van der Waals surface area contributed by atoms with Crippen molar-refractivity contribution in [1.82, 2.24) is 5.43 Å². The van der Waals surface area contributed by atoms with E-state index in [2.05, 4.69) is 26.5 Å². The summed E-state index contributed by atoms with van der Waals surface area (Å²) < 4.78 is 5.82. The molecule has 0 radical (unpaired) electrons. The fourth-order valence-electron chi connectivity index (χ4n) is 1.18. The van der Waals surface area contributed by atoms with Gasteiger partial charge in [0.1, 0.15) is 5.76 Å². The van der Waals surface area contributed by atoms with Gasteiger partial charge in [0, 0.05) is 4.88 Å². The summed E-state index contributed by atoms with van der Waals surface area (Å²) in [5.41, 5.74) is 2.44. The molecule has 0 aliphatic carbocycles. The SMILES string of the molecule is O=C(Cc1cccs1)N/N=C\c1ccc(Br)o1. The smallest absolute Gasteiger partial charge is 0.245 e. The van der Waals surface area contributed by atoms with Crippen LogP contribution >= 0.6 is 27.3 Å². The molecule has 2 rings (SSSR count). The first-order chi connectivity index (χ1) is 8.24. The van der Waals surface area contributed by atoms with Crippen LogP contribution in [0.2, 0.25) is 0 Å². The van der Waals surface area contributed by atoms with E-state index >= 15 is 0 Å². The van der Waals surface area contributed by atoms with Crippen molar-refractivity contribution in [3.8, 4) is 0 Å². The Morgan fingerprint density at radius 2 is 2.41 bits per heavy atom. The first-order valence-electron chi connectivity index (χ1n) is 4.83. The van der Waals surface area contributed by atoms with Crippen molar-refractivity contribution in [2.45, 2.75) is 6.42 Å². The number of hydrogen-bond donors (Lipinski definition) is 1. The highest BCUT2D eigenvalue weighted by Crippen LogP contribution is 2.12. The lowest BCUT2D eigenvalue weighted by Gasteiger charge is -1.95. The lowest BCUT2D eigenvalue weighted by atomic mass is 10.3. The zero-order valence-electron chi connectivity index (χ0n) is 8.72. The zero-order valence-corrected chi connectivity index (χ0v) is 11.1. The zero-order chi connectivity index (χ0) is 12.1. The molecule has 2 aromatic rings. The number of nitrogens with one attached hydrogen (secondary N) is 1. The predicted molar refractivity (Wildman–Crippen MR) is 70.2 cm³/mol. The number of rotatable bonds is 4. The Morgan fingerprint density at radius 1 is 1.53 bits per heavy atom. The second kappa shape index (κ2) is 5.79. The van der Waals surface area contributed by atoms with E-state index in [9.17, 15) is 4.79 Å². The molecule has 1 N–H and O–H groups in total. The summed E-state index contributed by atoms with van der Waals surface area (Å²) in [6.07, 6.45) is 1.80. The van der Waals surface area contributed by atoms with Crippen molar-refractivity contribution in [1.29, 1.82) is 0 Å². The maximum Gasteiger partial charge on any atom is 0.245 e. The monoisotopic (exact) mass is 312 g/mol. The van der Waals surface area contributed by atoms with Gasteiger partial charge < -0.3 is 4.42 Å². The van der Waals surface area contributed by atoms with Gasteiger partial charge >= 0.3 is 0 Å². The summed E-state index contributed by atoms with van der Waals surface area (Å²) in [5.74, 6) is 0.433. The second-order valence-corrected chi connectivity index (χ2v) is 5.01. The van der Waals surface area contributed by atoms with E-state index in [-0.39, 0.29) is 5.91 Å². The van der Waals surface area contributed by atoms with Crippen molar-refractivity contribution in [2.75, 3.05) is 0 Å². The predicted octanol–water partition coefficient (Wildman–Crippen LogP) is 2.80. The molecule has 2 aromatic heterocycles. The third-order valence-corrected chi connectivity index (χ3v) is 3.19. The Labute approximate surface area is 110 Å². The molecular formula is C11H9BrN2O2S. The minimum Gasteiger partial charge on any atom is -0.448 e. The number of nitrogens with zero attached hydrogens (tertiary/aromatic N) is 1. The molecule has 0 fully saturated rings. The Morgan fingerprint density at radius 3 is 3.06 bits per heavy atom. The fourth-order valence-corrected chi connectivity index (χ4v) is 2.20. The fraction of sp³-hybridized carbons (Fsp3) is 0.0909. The molecule has 0 aromatic carbocycles. The van der Waals surface area contributed by atoms with Crippen LogP contribution in [0.5, 0.6) is 0 Å². The molecule has 0 spiro atoms. The Bertz CT molecular complexity index is 519. The molecule has 0 bridgehead atoms. The topological polar surface area (TPSA) is 54.6 Å². The lowest BCUT2D eigenvalue weighted by Crippen LogP contribution is -2.19. The molecule has 6 heteroatoms. The third kappa shape index (κ3) is 3.83. The molecule has 0 saturated carbocycles. The van der Waals surface area contributed by atoms with E-state index in [1.807, 2.05) is 17.5 Å². The van der Waals surface area contributed by atoms with Crippen molar-refractivity contribution < 1.29 is 9.21 Å². The average molecular weight is 313 g/mol. The molecule has 17 heavy (non-hydrogen) atoms. The van der Waals surface area contributed by atoms with Gasteiger partial charge in [0.25, 0.3) is 0 Å². The third-order valence-electron chi connectivity index (χ3n) is 1.89. The van der Waals surface area contributed by atoms with Gasteiger partial charge in [-0.25, -0.2) is 5.43 Å². The van der Waals surface area contributed by atoms with Crippen LogP contribution in [0.3, 0.4) is 0 Å². The molecule has 0 aliphatic rings. The molecule has 88 valence electrons. The number of hydrogen-bond acceptors (Lipinski definition) is 4. The maximum atomic E-state index is 11.4. The second-order valence-electron chi connectivity index (χ2n) is 3.19. The van der Waals surface area contributed by atoms with Crippen molar-refractivity contribution in [3.63, 3.8) is 0 Å². The normalized spacial score (nSPS) is 10.9. The Balaban J connectivity index is 1.82. The minimum absolute atomic E-state index is 0.144. The first-order valence-corrected chi connectivity index (χ1v) is 6.51. The summed E-state index contributed by atoms with van der Waals surface area (Å²) in [6, 6.07) is 7.34. The first kappa shape index (κ1) is 12.1. The van der Waals surface area contributed by atoms with Crippen LogP contribution in [-0.2, 0) is 11.2 Å². The van der Waals surface area contributed by atoms with Crippen molar-refractivity contribution >= 4 is 39.4 Å². The summed E-state index contributed by atoms with van der Waals surface area (Å²) in [4.78, 5) is 12.5. The Hall–Kier alpha value is -1.40. The number of halogens is 1. The van der Waals surface area contributed by atoms with Crippen LogP contribution in [-0.4, -0.2) is 12.1 Å². The molecular weight excluding hydrogens is 304 g/mol. The van der Waals surface area contributed by atoms with E-state index in [1.54, 1.807) is 23.5 Å². The highest BCUT2D eigenvalue weighted by atomic mass is 79.9. The molecule has 1 amide bonds. The van der Waals surface area contributed by atoms with Gasteiger partial charge in [0.05, 0.1) is 12.6 Å². The lowest BCUT2D eigenvalue weighted by molar-refractivity contribution is -0.120. The van der Waals surface area contributed by atoms with E-state index in [4.69, 9.17) is 4.42 Å². The molecule has 0 saturated heterocycles. The Kier molecular flexibility index (Phi) is 4.11. The summed E-state index contributed by atoms with van der Waals surface area (Å²) in [6.45, 7) is 0. The summed E-state index contributed by atoms with van der Waals surface area (Å²) in [5, 5.41) is 5.74.